The number of morpholine rings is 1. The molecule has 1 aliphatic heterocycles. The van der Waals surface area contributed by atoms with E-state index in [1.54, 1.807) is 0 Å². The van der Waals surface area contributed by atoms with Crippen molar-refractivity contribution >= 4 is 0 Å². The van der Waals surface area contributed by atoms with E-state index in [2.05, 4.69) is 18.7 Å². The van der Waals surface area contributed by atoms with Crippen LogP contribution in [0.1, 0.15) is 46.0 Å². The Labute approximate surface area is 106 Å². The molecule has 2 N–H and O–H groups in total. The highest BCUT2D eigenvalue weighted by atomic mass is 16.5. The summed E-state index contributed by atoms with van der Waals surface area (Å²) in [5, 5.41) is 0. The van der Waals surface area contributed by atoms with Crippen LogP contribution in [-0.2, 0) is 4.74 Å². The second-order valence-electron chi connectivity index (χ2n) is 5.83. The minimum Gasteiger partial charge on any atom is -0.374 e. The van der Waals surface area contributed by atoms with Gasteiger partial charge in [-0.2, -0.15) is 0 Å². The van der Waals surface area contributed by atoms with Crippen LogP contribution in [-0.4, -0.2) is 42.8 Å². The molecule has 2 fully saturated rings. The Bertz CT molecular complexity index is 234. The van der Waals surface area contributed by atoms with Gasteiger partial charge in [0.05, 0.1) is 12.7 Å². The number of hydrogen-bond acceptors (Lipinski definition) is 3. The van der Waals surface area contributed by atoms with E-state index in [0.29, 0.717) is 12.6 Å². The van der Waals surface area contributed by atoms with Crippen LogP contribution in [0.4, 0.5) is 0 Å². The Kier molecular flexibility index (Phi) is 4.83. The summed E-state index contributed by atoms with van der Waals surface area (Å²) in [6.45, 7) is 7.18. The first kappa shape index (κ1) is 13.3. The van der Waals surface area contributed by atoms with Crippen LogP contribution >= 0.6 is 0 Å². The molecule has 1 aliphatic carbocycles. The Morgan fingerprint density at radius 2 is 2.18 bits per heavy atom. The van der Waals surface area contributed by atoms with Crippen molar-refractivity contribution in [3.63, 3.8) is 0 Å². The molecule has 0 aromatic carbocycles. The summed E-state index contributed by atoms with van der Waals surface area (Å²) in [4.78, 5) is 2.67. The molecule has 0 aromatic heterocycles. The normalized spacial score (nSPS) is 40.4. The standard InChI is InChI=1S/C14H28N2O/c1-3-12-5-4-6-13(7-12)16-9-14(8-15)17-10-11(16)2/h11-14H,3-10,15H2,1-2H3. The lowest BCUT2D eigenvalue weighted by Crippen LogP contribution is -2.55. The van der Waals surface area contributed by atoms with Gasteiger partial charge >= 0.3 is 0 Å². The zero-order valence-electron chi connectivity index (χ0n) is 11.4. The second-order valence-corrected chi connectivity index (χ2v) is 5.83. The Balaban J connectivity index is 1.94. The number of hydrogen-bond donors (Lipinski definition) is 1. The van der Waals surface area contributed by atoms with Crippen molar-refractivity contribution < 1.29 is 4.74 Å². The molecule has 0 spiro atoms. The largest absolute Gasteiger partial charge is 0.374 e. The Hall–Kier alpha value is -0.120. The van der Waals surface area contributed by atoms with Crippen molar-refractivity contribution in [3.8, 4) is 0 Å². The van der Waals surface area contributed by atoms with Gasteiger partial charge in [0, 0.05) is 25.2 Å². The highest BCUT2D eigenvalue weighted by Gasteiger charge is 2.33. The van der Waals surface area contributed by atoms with Gasteiger partial charge in [-0.05, 0) is 25.7 Å². The second kappa shape index (κ2) is 6.17. The summed E-state index contributed by atoms with van der Waals surface area (Å²) in [6, 6.07) is 1.35. The van der Waals surface area contributed by atoms with E-state index in [4.69, 9.17) is 10.5 Å². The lowest BCUT2D eigenvalue weighted by atomic mass is 9.83. The van der Waals surface area contributed by atoms with Gasteiger partial charge in [-0.1, -0.05) is 26.2 Å². The monoisotopic (exact) mass is 240 g/mol. The molecule has 0 amide bonds. The maximum absolute atomic E-state index is 5.75. The van der Waals surface area contributed by atoms with E-state index in [0.717, 1.165) is 25.1 Å². The third-order valence-corrected chi connectivity index (χ3v) is 4.62. The zero-order valence-corrected chi connectivity index (χ0v) is 11.4. The average molecular weight is 240 g/mol. The fraction of sp³-hybridized carbons (Fsp3) is 1.00. The molecule has 4 unspecified atom stereocenters. The molecule has 3 nitrogen and oxygen atoms in total. The highest BCUT2D eigenvalue weighted by molar-refractivity contribution is 4.87. The maximum Gasteiger partial charge on any atom is 0.0824 e. The van der Waals surface area contributed by atoms with Gasteiger partial charge in [-0.25, -0.2) is 0 Å². The first-order valence-electron chi connectivity index (χ1n) is 7.32. The van der Waals surface area contributed by atoms with E-state index in [9.17, 15) is 0 Å². The molecular formula is C14H28N2O. The molecule has 3 heteroatoms. The first-order chi connectivity index (χ1) is 8.24. The van der Waals surface area contributed by atoms with Gasteiger partial charge in [0.15, 0.2) is 0 Å². The fourth-order valence-corrected chi connectivity index (χ4v) is 3.43. The van der Waals surface area contributed by atoms with Crippen LogP contribution in [0, 0.1) is 5.92 Å². The van der Waals surface area contributed by atoms with Crippen molar-refractivity contribution in [2.24, 2.45) is 11.7 Å². The first-order valence-corrected chi connectivity index (χ1v) is 7.32. The van der Waals surface area contributed by atoms with Crippen LogP contribution in [0.5, 0.6) is 0 Å². The molecule has 2 rings (SSSR count). The minimum absolute atomic E-state index is 0.258. The molecule has 17 heavy (non-hydrogen) atoms. The quantitative estimate of drug-likeness (QED) is 0.820. The van der Waals surface area contributed by atoms with E-state index in [-0.39, 0.29) is 6.10 Å². The zero-order chi connectivity index (χ0) is 12.3. The lowest BCUT2D eigenvalue weighted by molar-refractivity contribution is -0.0775. The van der Waals surface area contributed by atoms with E-state index in [1.165, 1.54) is 32.1 Å². The van der Waals surface area contributed by atoms with Crippen molar-refractivity contribution in [2.45, 2.75) is 64.1 Å². The van der Waals surface area contributed by atoms with Crippen LogP contribution in [0.3, 0.4) is 0 Å². The van der Waals surface area contributed by atoms with Gasteiger partial charge in [0.1, 0.15) is 0 Å². The van der Waals surface area contributed by atoms with Crippen LogP contribution in [0.15, 0.2) is 0 Å². The molecular weight excluding hydrogens is 212 g/mol. The molecule has 0 radical (unpaired) electrons. The molecule has 1 saturated heterocycles. The van der Waals surface area contributed by atoms with Gasteiger partial charge in [-0.15, -0.1) is 0 Å². The van der Waals surface area contributed by atoms with Gasteiger partial charge in [-0.3, -0.25) is 4.90 Å². The summed E-state index contributed by atoms with van der Waals surface area (Å²) in [5.74, 6) is 0.945. The third kappa shape index (κ3) is 3.21. The van der Waals surface area contributed by atoms with Crippen LogP contribution in [0.25, 0.3) is 0 Å². The maximum atomic E-state index is 5.75. The van der Waals surface area contributed by atoms with Crippen LogP contribution < -0.4 is 5.73 Å². The number of rotatable bonds is 3. The molecule has 0 bridgehead atoms. The number of nitrogens with two attached hydrogens (primary N) is 1. The molecule has 100 valence electrons. The molecule has 0 aromatic rings. The molecule has 1 saturated carbocycles. The summed E-state index contributed by atoms with van der Waals surface area (Å²) in [6.07, 6.45) is 7.20. The Morgan fingerprint density at radius 3 is 2.88 bits per heavy atom. The van der Waals surface area contributed by atoms with Crippen molar-refractivity contribution in [1.82, 2.24) is 4.90 Å². The summed E-state index contributed by atoms with van der Waals surface area (Å²) < 4.78 is 5.75. The summed E-state index contributed by atoms with van der Waals surface area (Å²) in [5.41, 5.74) is 5.74. The van der Waals surface area contributed by atoms with Crippen molar-refractivity contribution in [3.05, 3.63) is 0 Å². The Morgan fingerprint density at radius 1 is 1.35 bits per heavy atom. The SMILES string of the molecule is CCC1CCCC(N2CC(CN)OCC2C)C1. The minimum atomic E-state index is 0.258. The summed E-state index contributed by atoms with van der Waals surface area (Å²) in [7, 11) is 0. The predicted molar refractivity (Wildman–Crippen MR) is 71.0 cm³/mol. The van der Waals surface area contributed by atoms with E-state index < -0.39 is 0 Å². The average Bonchev–Trinajstić information content (AvgIpc) is 2.39. The fourth-order valence-electron chi connectivity index (χ4n) is 3.43. The smallest absolute Gasteiger partial charge is 0.0824 e. The van der Waals surface area contributed by atoms with E-state index in [1.807, 2.05) is 0 Å². The van der Waals surface area contributed by atoms with Crippen LogP contribution in [0.2, 0.25) is 0 Å². The number of nitrogens with zero attached hydrogens (tertiary/aromatic N) is 1. The third-order valence-electron chi connectivity index (χ3n) is 4.62. The number of ether oxygens (including phenoxy) is 1. The molecule has 1 heterocycles. The van der Waals surface area contributed by atoms with Gasteiger partial charge in [0.2, 0.25) is 0 Å². The molecule has 4 atom stereocenters. The van der Waals surface area contributed by atoms with Gasteiger partial charge in [0.25, 0.3) is 0 Å². The predicted octanol–water partition coefficient (Wildman–Crippen LogP) is 2.00. The van der Waals surface area contributed by atoms with Crippen molar-refractivity contribution in [2.75, 3.05) is 19.7 Å². The topological polar surface area (TPSA) is 38.5 Å². The van der Waals surface area contributed by atoms with E-state index >= 15 is 0 Å². The summed E-state index contributed by atoms with van der Waals surface area (Å²) >= 11 is 0. The lowest BCUT2D eigenvalue weighted by Gasteiger charge is -2.45. The molecule has 2 aliphatic rings. The van der Waals surface area contributed by atoms with Gasteiger partial charge < -0.3 is 10.5 Å². The van der Waals surface area contributed by atoms with Crippen molar-refractivity contribution in [1.29, 1.82) is 0 Å². The highest BCUT2D eigenvalue weighted by Crippen LogP contribution is 2.31.